The SMILES string of the molecule is CCC(C)CN(CC)C(=O)CC(C)C1CCCNC1.Cl. The zero-order valence-electron chi connectivity index (χ0n) is 13.7. The van der Waals surface area contributed by atoms with Crippen LogP contribution in [0.5, 0.6) is 0 Å². The molecule has 1 fully saturated rings. The maximum Gasteiger partial charge on any atom is 0.222 e. The van der Waals surface area contributed by atoms with E-state index in [1.807, 2.05) is 4.90 Å². The third-order valence-electron chi connectivity index (χ3n) is 4.60. The molecule has 1 aliphatic rings. The van der Waals surface area contributed by atoms with E-state index in [0.717, 1.165) is 39.0 Å². The van der Waals surface area contributed by atoms with Crippen LogP contribution in [0.4, 0.5) is 0 Å². The Hall–Kier alpha value is -0.280. The zero-order valence-corrected chi connectivity index (χ0v) is 14.5. The Morgan fingerprint density at radius 1 is 1.35 bits per heavy atom. The predicted molar refractivity (Wildman–Crippen MR) is 88.3 cm³/mol. The summed E-state index contributed by atoms with van der Waals surface area (Å²) < 4.78 is 0. The molecule has 20 heavy (non-hydrogen) atoms. The Bertz CT molecular complexity index is 267. The molecule has 1 saturated heterocycles. The van der Waals surface area contributed by atoms with Gasteiger partial charge in [-0.05, 0) is 50.6 Å². The van der Waals surface area contributed by atoms with E-state index in [0.29, 0.717) is 23.7 Å². The lowest BCUT2D eigenvalue weighted by atomic mass is 9.85. The van der Waals surface area contributed by atoms with Gasteiger partial charge in [-0.15, -0.1) is 12.4 Å². The molecule has 0 saturated carbocycles. The third-order valence-corrected chi connectivity index (χ3v) is 4.60. The Labute approximate surface area is 131 Å². The van der Waals surface area contributed by atoms with Crippen LogP contribution in [-0.4, -0.2) is 37.0 Å². The number of nitrogens with one attached hydrogen (secondary N) is 1. The Morgan fingerprint density at radius 3 is 2.55 bits per heavy atom. The molecule has 0 aliphatic carbocycles. The van der Waals surface area contributed by atoms with Crippen molar-refractivity contribution in [3.8, 4) is 0 Å². The van der Waals surface area contributed by atoms with Gasteiger partial charge in [0.25, 0.3) is 0 Å². The van der Waals surface area contributed by atoms with Gasteiger partial charge in [-0.25, -0.2) is 0 Å². The number of amides is 1. The molecule has 1 heterocycles. The summed E-state index contributed by atoms with van der Waals surface area (Å²) in [6.45, 7) is 12.8. The fourth-order valence-corrected chi connectivity index (χ4v) is 2.85. The van der Waals surface area contributed by atoms with Crippen molar-refractivity contribution in [2.45, 2.75) is 53.4 Å². The summed E-state index contributed by atoms with van der Waals surface area (Å²) in [7, 11) is 0. The normalized spacial score (nSPS) is 21.7. The number of piperidine rings is 1. The van der Waals surface area contributed by atoms with Crippen LogP contribution in [0.25, 0.3) is 0 Å². The van der Waals surface area contributed by atoms with Gasteiger partial charge < -0.3 is 10.2 Å². The molecular formula is C16H33ClN2O. The molecule has 120 valence electrons. The first-order valence-electron chi connectivity index (χ1n) is 8.06. The van der Waals surface area contributed by atoms with E-state index < -0.39 is 0 Å². The van der Waals surface area contributed by atoms with Crippen LogP contribution < -0.4 is 5.32 Å². The fraction of sp³-hybridized carbons (Fsp3) is 0.938. The molecule has 3 atom stereocenters. The van der Waals surface area contributed by atoms with Gasteiger partial charge in [-0.3, -0.25) is 4.79 Å². The number of nitrogens with zero attached hydrogens (tertiary/aromatic N) is 1. The minimum atomic E-state index is 0. The Morgan fingerprint density at radius 2 is 2.05 bits per heavy atom. The van der Waals surface area contributed by atoms with E-state index in [9.17, 15) is 4.79 Å². The van der Waals surface area contributed by atoms with Crippen LogP contribution in [-0.2, 0) is 4.79 Å². The number of hydrogen-bond acceptors (Lipinski definition) is 2. The molecule has 0 aromatic carbocycles. The monoisotopic (exact) mass is 304 g/mol. The van der Waals surface area contributed by atoms with Crippen LogP contribution in [0.2, 0.25) is 0 Å². The molecular weight excluding hydrogens is 272 g/mol. The molecule has 1 rings (SSSR count). The van der Waals surface area contributed by atoms with Gasteiger partial charge in [0.2, 0.25) is 5.91 Å². The van der Waals surface area contributed by atoms with Gasteiger partial charge in [0, 0.05) is 19.5 Å². The van der Waals surface area contributed by atoms with Crippen molar-refractivity contribution in [1.82, 2.24) is 10.2 Å². The average Bonchev–Trinajstić information content (AvgIpc) is 2.45. The van der Waals surface area contributed by atoms with E-state index >= 15 is 0 Å². The second-order valence-electron chi connectivity index (χ2n) is 6.23. The van der Waals surface area contributed by atoms with Crippen LogP contribution in [0.15, 0.2) is 0 Å². The van der Waals surface area contributed by atoms with Crippen molar-refractivity contribution in [2.24, 2.45) is 17.8 Å². The topological polar surface area (TPSA) is 32.3 Å². The van der Waals surface area contributed by atoms with Crippen molar-refractivity contribution in [1.29, 1.82) is 0 Å². The zero-order chi connectivity index (χ0) is 14.3. The molecule has 1 amide bonds. The summed E-state index contributed by atoms with van der Waals surface area (Å²) in [5, 5.41) is 3.45. The van der Waals surface area contributed by atoms with Crippen molar-refractivity contribution >= 4 is 18.3 Å². The average molecular weight is 305 g/mol. The highest BCUT2D eigenvalue weighted by Crippen LogP contribution is 2.23. The lowest BCUT2D eigenvalue weighted by Crippen LogP contribution is -2.38. The lowest BCUT2D eigenvalue weighted by molar-refractivity contribution is -0.133. The molecule has 1 N–H and O–H groups in total. The van der Waals surface area contributed by atoms with Crippen LogP contribution in [0, 0.1) is 17.8 Å². The molecule has 0 radical (unpaired) electrons. The largest absolute Gasteiger partial charge is 0.343 e. The van der Waals surface area contributed by atoms with Gasteiger partial charge in [0.05, 0.1) is 0 Å². The number of rotatable bonds is 7. The van der Waals surface area contributed by atoms with Gasteiger partial charge >= 0.3 is 0 Å². The van der Waals surface area contributed by atoms with Crippen molar-refractivity contribution in [3.05, 3.63) is 0 Å². The highest BCUT2D eigenvalue weighted by molar-refractivity contribution is 5.85. The molecule has 1 aliphatic heterocycles. The van der Waals surface area contributed by atoms with E-state index in [1.165, 1.54) is 12.8 Å². The molecule has 4 heteroatoms. The molecule has 3 unspecified atom stereocenters. The lowest BCUT2D eigenvalue weighted by Gasteiger charge is -2.30. The quantitative estimate of drug-likeness (QED) is 0.782. The predicted octanol–water partition coefficient (Wildman–Crippen LogP) is 3.33. The molecule has 0 aromatic rings. The maximum absolute atomic E-state index is 12.4. The molecule has 0 bridgehead atoms. The number of carbonyl (C=O) groups excluding carboxylic acids is 1. The number of carbonyl (C=O) groups is 1. The van der Waals surface area contributed by atoms with Crippen LogP contribution in [0.1, 0.15) is 53.4 Å². The maximum atomic E-state index is 12.4. The van der Waals surface area contributed by atoms with E-state index in [1.54, 1.807) is 0 Å². The van der Waals surface area contributed by atoms with Gasteiger partial charge in [-0.1, -0.05) is 27.2 Å². The van der Waals surface area contributed by atoms with Gasteiger partial charge in [-0.2, -0.15) is 0 Å². The van der Waals surface area contributed by atoms with Crippen molar-refractivity contribution < 1.29 is 4.79 Å². The van der Waals surface area contributed by atoms with E-state index in [4.69, 9.17) is 0 Å². The number of hydrogen-bond donors (Lipinski definition) is 1. The summed E-state index contributed by atoms with van der Waals surface area (Å²) in [4.78, 5) is 14.4. The molecule has 0 spiro atoms. The highest BCUT2D eigenvalue weighted by Gasteiger charge is 2.24. The van der Waals surface area contributed by atoms with Crippen LogP contribution in [0.3, 0.4) is 0 Å². The van der Waals surface area contributed by atoms with E-state index in [2.05, 4.69) is 33.0 Å². The van der Waals surface area contributed by atoms with Gasteiger partial charge in [0.15, 0.2) is 0 Å². The second kappa shape index (κ2) is 10.4. The van der Waals surface area contributed by atoms with Crippen molar-refractivity contribution in [2.75, 3.05) is 26.2 Å². The first kappa shape index (κ1) is 19.7. The first-order valence-corrected chi connectivity index (χ1v) is 8.06. The van der Waals surface area contributed by atoms with Crippen LogP contribution >= 0.6 is 12.4 Å². The summed E-state index contributed by atoms with van der Waals surface area (Å²) in [6.07, 6.45) is 4.40. The highest BCUT2D eigenvalue weighted by atomic mass is 35.5. The van der Waals surface area contributed by atoms with Gasteiger partial charge in [0.1, 0.15) is 0 Å². The summed E-state index contributed by atoms with van der Waals surface area (Å²) in [6, 6.07) is 0. The molecule has 3 nitrogen and oxygen atoms in total. The Kier molecular flexibility index (Phi) is 10.3. The fourth-order valence-electron chi connectivity index (χ4n) is 2.85. The third kappa shape index (κ3) is 6.45. The summed E-state index contributed by atoms with van der Waals surface area (Å²) in [5.41, 5.74) is 0. The first-order chi connectivity index (χ1) is 9.08. The number of halogens is 1. The second-order valence-corrected chi connectivity index (χ2v) is 6.23. The minimum Gasteiger partial charge on any atom is -0.343 e. The summed E-state index contributed by atoms with van der Waals surface area (Å²) >= 11 is 0. The molecule has 0 aromatic heterocycles. The minimum absolute atomic E-state index is 0. The Balaban J connectivity index is 0.00000361. The van der Waals surface area contributed by atoms with E-state index in [-0.39, 0.29) is 12.4 Å². The summed E-state index contributed by atoms with van der Waals surface area (Å²) in [5.74, 6) is 2.14. The smallest absolute Gasteiger partial charge is 0.222 e. The standard InChI is InChI=1S/C16H32N2O.ClH/c1-5-13(3)12-18(6-2)16(19)10-14(4)15-8-7-9-17-11-15;/h13-15,17H,5-12H2,1-4H3;1H. The van der Waals surface area contributed by atoms with Crippen molar-refractivity contribution in [3.63, 3.8) is 0 Å².